The number of aliphatic carboxylic acids is 1. The van der Waals surface area contributed by atoms with Crippen molar-refractivity contribution < 1.29 is 14.6 Å². The lowest BCUT2D eigenvalue weighted by atomic mass is 9.92. The van der Waals surface area contributed by atoms with Crippen LogP contribution >= 0.6 is 27.5 Å². The van der Waals surface area contributed by atoms with Crippen molar-refractivity contribution >= 4 is 33.5 Å². The van der Waals surface area contributed by atoms with Crippen molar-refractivity contribution in [3.63, 3.8) is 0 Å². The van der Waals surface area contributed by atoms with Gasteiger partial charge in [-0.25, -0.2) is 0 Å². The molecule has 0 unspecified atom stereocenters. The third-order valence-corrected chi connectivity index (χ3v) is 3.44. The molecule has 0 aromatic heterocycles. The summed E-state index contributed by atoms with van der Waals surface area (Å²) in [4.78, 5) is 10.8. The highest BCUT2D eigenvalue weighted by atomic mass is 79.9. The Balaban J connectivity index is 2.15. The van der Waals surface area contributed by atoms with Gasteiger partial charge in [0.1, 0.15) is 11.4 Å². The van der Waals surface area contributed by atoms with Crippen LogP contribution in [0.1, 0.15) is 6.42 Å². The molecule has 6 heteroatoms. The van der Waals surface area contributed by atoms with Gasteiger partial charge >= 0.3 is 5.97 Å². The summed E-state index contributed by atoms with van der Waals surface area (Å²) in [6, 6.07) is 5.16. The number of nitrogens with one attached hydrogen (secondary N) is 1. The predicted octanol–water partition coefficient (Wildman–Crippen LogP) is 2.30. The molecule has 1 aliphatic heterocycles. The monoisotopic (exact) mass is 319 g/mol. The number of carboxylic acid groups (broad SMARTS) is 1. The summed E-state index contributed by atoms with van der Waals surface area (Å²) in [5.41, 5.74) is -0.651. The zero-order valence-corrected chi connectivity index (χ0v) is 11.2. The van der Waals surface area contributed by atoms with E-state index in [1.165, 1.54) is 0 Å². The van der Waals surface area contributed by atoms with E-state index in [1.807, 2.05) is 0 Å². The summed E-state index contributed by atoms with van der Waals surface area (Å²) >= 11 is 9.17. The normalized spacial score (nSPS) is 17.3. The maximum Gasteiger partial charge on any atom is 0.307 e. The van der Waals surface area contributed by atoms with Gasteiger partial charge in [-0.05, 0) is 34.1 Å². The minimum atomic E-state index is -0.864. The largest absolute Gasteiger partial charge is 0.483 e. The molecule has 0 atom stereocenters. The van der Waals surface area contributed by atoms with Gasteiger partial charge in [-0.2, -0.15) is 0 Å². The highest BCUT2D eigenvalue weighted by molar-refractivity contribution is 9.10. The maximum atomic E-state index is 10.8. The molecular formula is C11H11BrClNO3. The van der Waals surface area contributed by atoms with E-state index in [2.05, 4.69) is 21.2 Å². The second-order valence-electron chi connectivity index (χ2n) is 4.03. The van der Waals surface area contributed by atoms with Crippen molar-refractivity contribution in [2.45, 2.75) is 12.0 Å². The fraction of sp³-hybridized carbons (Fsp3) is 0.364. The Kier molecular flexibility index (Phi) is 3.61. The summed E-state index contributed by atoms with van der Waals surface area (Å²) in [7, 11) is 0. The van der Waals surface area contributed by atoms with E-state index >= 15 is 0 Å². The first-order valence-electron chi connectivity index (χ1n) is 5.07. The van der Waals surface area contributed by atoms with E-state index in [0.717, 1.165) is 4.47 Å². The van der Waals surface area contributed by atoms with Gasteiger partial charge in [-0.1, -0.05) is 11.6 Å². The molecule has 2 rings (SSSR count). The van der Waals surface area contributed by atoms with Crippen LogP contribution < -0.4 is 10.1 Å². The number of ether oxygens (including phenoxy) is 1. The van der Waals surface area contributed by atoms with E-state index < -0.39 is 11.6 Å². The van der Waals surface area contributed by atoms with E-state index in [-0.39, 0.29) is 6.42 Å². The van der Waals surface area contributed by atoms with Gasteiger partial charge in [-0.15, -0.1) is 0 Å². The Morgan fingerprint density at radius 3 is 2.76 bits per heavy atom. The fourth-order valence-corrected chi connectivity index (χ4v) is 2.47. The highest BCUT2D eigenvalue weighted by Gasteiger charge is 2.41. The molecule has 0 bridgehead atoms. The molecular weight excluding hydrogens is 309 g/mol. The van der Waals surface area contributed by atoms with Crippen LogP contribution in [0, 0.1) is 0 Å². The summed E-state index contributed by atoms with van der Waals surface area (Å²) in [6.07, 6.45) is -0.0188. The van der Waals surface area contributed by atoms with Gasteiger partial charge in [0, 0.05) is 18.1 Å². The molecule has 0 spiro atoms. The Bertz CT molecular complexity index is 448. The van der Waals surface area contributed by atoms with Crippen LogP contribution in [0.4, 0.5) is 0 Å². The molecule has 17 heavy (non-hydrogen) atoms. The van der Waals surface area contributed by atoms with Crippen LogP contribution in [0.2, 0.25) is 5.02 Å². The first kappa shape index (κ1) is 12.7. The minimum absolute atomic E-state index is 0.0188. The number of halogens is 2. The third-order valence-electron chi connectivity index (χ3n) is 2.59. The Labute approximate surface area is 112 Å². The van der Waals surface area contributed by atoms with Gasteiger partial charge in [0.15, 0.2) is 0 Å². The third kappa shape index (κ3) is 2.91. The van der Waals surface area contributed by atoms with E-state index in [0.29, 0.717) is 23.9 Å². The fourth-order valence-electron chi connectivity index (χ4n) is 1.70. The lowest BCUT2D eigenvalue weighted by Gasteiger charge is -2.41. The molecule has 0 amide bonds. The summed E-state index contributed by atoms with van der Waals surface area (Å²) in [5.74, 6) is -0.256. The van der Waals surface area contributed by atoms with Gasteiger partial charge in [0.2, 0.25) is 0 Å². The molecule has 1 heterocycles. The van der Waals surface area contributed by atoms with Gasteiger partial charge < -0.3 is 15.2 Å². The standard InChI is InChI=1S/C11H11BrClNO3/c12-8-3-7(13)1-2-9(8)17-11(4-10(15)16)5-14-6-11/h1-3,14H,4-6H2,(H,15,16). The Morgan fingerprint density at radius 1 is 1.59 bits per heavy atom. The second kappa shape index (κ2) is 4.84. The first-order chi connectivity index (χ1) is 8.01. The minimum Gasteiger partial charge on any atom is -0.483 e. The quantitative estimate of drug-likeness (QED) is 0.894. The first-order valence-corrected chi connectivity index (χ1v) is 6.24. The van der Waals surface area contributed by atoms with Crippen LogP contribution in [0.5, 0.6) is 5.75 Å². The molecule has 1 saturated heterocycles. The molecule has 0 radical (unpaired) electrons. The number of rotatable bonds is 4. The van der Waals surface area contributed by atoms with E-state index in [9.17, 15) is 4.79 Å². The van der Waals surface area contributed by atoms with Crippen LogP contribution in [-0.2, 0) is 4.79 Å². The molecule has 1 fully saturated rings. The molecule has 1 aromatic carbocycles. The molecule has 0 saturated carbocycles. The molecule has 92 valence electrons. The van der Waals surface area contributed by atoms with Crippen molar-refractivity contribution in [2.24, 2.45) is 0 Å². The van der Waals surface area contributed by atoms with Crippen molar-refractivity contribution in [1.82, 2.24) is 5.32 Å². The van der Waals surface area contributed by atoms with E-state index in [4.69, 9.17) is 21.4 Å². The van der Waals surface area contributed by atoms with Crippen LogP contribution in [-0.4, -0.2) is 29.8 Å². The number of carboxylic acids is 1. The van der Waals surface area contributed by atoms with Crippen LogP contribution in [0.25, 0.3) is 0 Å². The molecule has 1 aromatic rings. The lowest BCUT2D eigenvalue weighted by Crippen LogP contribution is -2.64. The van der Waals surface area contributed by atoms with Crippen molar-refractivity contribution in [3.8, 4) is 5.75 Å². The van der Waals surface area contributed by atoms with Crippen molar-refractivity contribution in [3.05, 3.63) is 27.7 Å². The van der Waals surface area contributed by atoms with Gasteiger partial charge in [0.25, 0.3) is 0 Å². The number of hydrogen-bond acceptors (Lipinski definition) is 3. The van der Waals surface area contributed by atoms with Gasteiger partial charge in [0.05, 0.1) is 10.9 Å². The summed E-state index contributed by atoms with van der Waals surface area (Å²) in [6.45, 7) is 1.07. The zero-order valence-electron chi connectivity index (χ0n) is 8.87. The maximum absolute atomic E-state index is 10.8. The molecule has 2 N–H and O–H groups in total. The number of hydrogen-bond donors (Lipinski definition) is 2. The SMILES string of the molecule is O=C(O)CC1(Oc2ccc(Cl)cc2Br)CNC1. The van der Waals surface area contributed by atoms with Crippen LogP contribution in [0.15, 0.2) is 22.7 Å². The topological polar surface area (TPSA) is 58.6 Å². The second-order valence-corrected chi connectivity index (χ2v) is 5.32. The zero-order chi connectivity index (χ0) is 12.5. The molecule has 0 aliphatic carbocycles. The van der Waals surface area contributed by atoms with E-state index in [1.54, 1.807) is 18.2 Å². The smallest absolute Gasteiger partial charge is 0.307 e. The van der Waals surface area contributed by atoms with Crippen molar-refractivity contribution in [1.29, 1.82) is 0 Å². The summed E-state index contributed by atoms with van der Waals surface area (Å²) in [5, 5.41) is 12.5. The predicted molar refractivity (Wildman–Crippen MR) is 67.6 cm³/mol. The Hall–Kier alpha value is -0.780. The average molecular weight is 321 g/mol. The Morgan fingerprint density at radius 2 is 2.29 bits per heavy atom. The molecule has 4 nitrogen and oxygen atoms in total. The molecule has 1 aliphatic rings. The highest BCUT2D eigenvalue weighted by Crippen LogP contribution is 2.33. The van der Waals surface area contributed by atoms with Crippen LogP contribution in [0.3, 0.4) is 0 Å². The van der Waals surface area contributed by atoms with Gasteiger partial charge in [-0.3, -0.25) is 4.79 Å². The van der Waals surface area contributed by atoms with Crippen molar-refractivity contribution in [2.75, 3.05) is 13.1 Å². The number of carbonyl (C=O) groups is 1. The lowest BCUT2D eigenvalue weighted by molar-refractivity contribution is -0.143. The number of benzene rings is 1. The summed E-state index contributed by atoms with van der Waals surface area (Å²) < 4.78 is 6.51. The average Bonchev–Trinajstić information content (AvgIpc) is 2.18.